The van der Waals surface area contributed by atoms with Gasteiger partial charge in [-0.3, -0.25) is 9.48 Å². The summed E-state index contributed by atoms with van der Waals surface area (Å²) in [6.07, 6.45) is 4.86. The van der Waals surface area contributed by atoms with Crippen LogP contribution < -0.4 is 5.32 Å². The highest BCUT2D eigenvalue weighted by Crippen LogP contribution is 2.17. The van der Waals surface area contributed by atoms with Crippen molar-refractivity contribution in [3.8, 4) is 0 Å². The maximum absolute atomic E-state index is 13.6. The van der Waals surface area contributed by atoms with Crippen molar-refractivity contribution in [2.45, 2.75) is 6.04 Å². The molecule has 0 aliphatic heterocycles. The second kappa shape index (κ2) is 6.43. The third-order valence-corrected chi connectivity index (χ3v) is 3.35. The molecule has 0 aliphatic rings. The van der Waals surface area contributed by atoms with E-state index in [0.29, 0.717) is 11.8 Å². The largest absolute Gasteiger partial charge is 0.467 e. The molecular weight excluding hydrogens is 304 g/mol. The molecule has 23 heavy (non-hydrogen) atoms. The molecule has 7 heteroatoms. The van der Waals surface area contributed by atoms with Crippen molar-refractivity contribution in [3.63, 3.8) is 0 Å². The van der Waals surface area contributed by atoms with Crippen LogP contribution in [0.5, 0.6) is 0 Å². The SMILES string of the molecule is O=C(NCC(c1ccco1)n1cccn1)c1ccc(F)cc1F. The van der Waals surface area contributed by atoms with Gasteiger partial charge in [-0.25, -0.2) is 8.78 Å². The first-order valence-electron chi connectivity index (χ1n) is 6.91. The van der Waals surface area contributed by atoms with E-state index in [1.165, 1.54) is 6.26 Å². The van der Waals surface area contributed by atoms with Crippen LogP contribution in [0.25, 0.3) is 0 Å². The number of nitrogens with one attached hydrogen (secondary N) is 1. The fourth-order valence-electron chi connectivity index (χ4n) is 2.23. The van der Waals surface area contributed by atoms with Gasteiger partial charge in [0.2, 0.25) is 0 Å². The van der Waals surface area contributed by atoms with Crippen LogP contribution in [-0.2, 0) is 0 Å². The lowest BCUT2D eigenvalue weighted by Gasteiger charge is -2.16. The van der Waals surface area contributed by atoms with Gasteiger partial charge < -0.3 is 9.73 Å². The molecule has 2 heterocycles. The van der Waals surface area contributed by atoms with Crippen LogP contribution in [0.2, 0.25) is 0 Å². The van der Waals surface area contributed by atoms with Crippen LogP contribution >= 0.6 is 0 Å². The first kappa shape index (κ1) is 15.0. The smallest absolute Gasteiger partial charge is 0.254 e. The molecule has 0 radical (unpaired) electrons. The maximum Gasteiger partial charge on any atom is 0.254 e. The molecule has 5 nitrogen and oxygen atoms in total. The molecule has 3 rings (SSSR count). The fraction of sp³-hybridized carbons (Fsp3) is 0.125. The minimum atomic E-state index is -0.906. The van der Waals surface area contributed by atoms with E-state index in [4.69, 9.17) is 4.42 Å². The zero-order chi connectivity index (χ0) is 16.2. The Labute approximate surface area is 130 Å². The normalized spacial score (nSPS) is 12.1. The number of carbonyl (C=O) groups is 1. The van der Waals surface area contributed by atoms with Gasteiger partial charge in [0, 0.05) is 25.0 Å². The standard InChI is InChI=1S/C16H13F2N3O2/c17-11-4-5-12(13(18)9-11)16(22)19-10-14(15-3-1-8-23-15)21-7-2-6-20-21/h1-9,14H,10H2,(H,19,22). The predicted molar refractivity (Wildman–Crippen MR) is 77.8 cm³/mol. The Morgan fingerprint density at radius 2 is 2.17 bits per heavy atom. The van der Waals surface area contributed by atoms with Crippen molar-refractivity contribution in [1.29, 1.82) is 0 Å². The summed E-state index contributed by atoms with van der Waals surface area (Å²) < 4.78 is 33.5. The summed E-state index contributed by atoms with van der Waals surface area (Å²) in [6, 6.07) is 7.69. The Balaban J connectivity index is 1.75. The van der Waals surface area contributed by atoms with Crippen LogP contribution in [0.3, 0.4) is 0 Å². The summed E-state index contributed by atoms with van der Waals surface area (Å²) in [5.41, 5.74) is -0.218. The van der Waals surface area contributed by atoms with E-state index >= 15 is 0 Å². The lowest BCUT2D eigenvalue weighted by atomic mass is 10.1. The number of amides is 1. The second-order valence-corrected chi connectivity index (χ2v) is 4.85. The van der Waals surface area contributed by atoms with Gasteiger partial charge in [0.05, 0.1) is 11.8 Å². The number of aromatic nitrogens is 2. The van der Waals surface area contributed by atoms with Crippen LogP contribution in [-0.4, -0.2) is 22.2 Å². The number of hydrogen-bond donors (Lipinski definition) is 1. The molecular formula is C16H13F2N3O2. The van der Waals surface area contributed by atoms with Crippen LogP contribution in [0, 0.1) is 11.6 Å². The topological polar surface area (TPSA) is 60.1 Å². The minimum absolute atomic E-state index is 0.144. The molecule has 1 unspecified atom stereocenters. The maximum atomic E-state index is 13.6. The highest BCUT2D eigenvalue weighted by atomic mass is 19.1. The third-order valence-electron chi connectivity index (χ3n) is 3.35. The van der Waals surface area contributed by atoms with Crippen LogP contribution in [0.15, 0.2) is 59.5 Å². The number of nitrogens with zero attached hydrogens (tertiary/aromatic N) is 2. The van der Waals surface area contributed by atoms with Crippen molar-refractivity contribution in [3.05, 3.63) is 78.0 Å². The monoisotopic (exact) mass is 317 g/mol. The molecule has 2 aromatic heterocycles. The molecule has 0 spiro atoms. The van der Waals surface area contributed by atoms with Gasteiger partial charge in [-0.15, -0.1) is 0 Å². The Bertz CT molecular complexity index is 752. The summed E-state index contributed by atoms with van der Waals surface area (Å²) >= 11 is 0. The van der Waals surface area contributed by atoms with E-state index < -0.39 is 17.5 Å². The fourth-order valence-corrected chi connectivity index (χ4v) is 2.23. The number of halogens is 2. The van der Waals surface area contributed by atoms with Gasteiger partial charge in [0.15, 0.2) is 0 Å². The molecule has 1 aromatic carbocycles. The molecule has 0 aliphatic carbocycles. The van der Waals surface area contributed by atoms with E-state index in [-0.39, 0.29) is 18.2 Å². The molecule has 1 N–H and O–H groups in total. The zero-order valence-corrected chi connectivity index (χ0v) is 11.9. The highest BCUT2D eigenvalue weighted by molar-refractivity contribution is 5.94. The van der Waals surface area contributed by atoms with E-state index in [2.05, 4.69) is 10.4 Å². The van der Waals surface area contributed by atoms with Gasteiger partial charge in [-0.2, -0.15) is 5.10 Å². The predicted octanol–water partition coefficient (Wildman–Crippen LogP) is 2.77. The van der Waals surface area contributed by atoms with Crippen molar-refractivity contribution in [2.24, 2.45) is 0 Å². The van der Waals surface area contributed by atoms with Gasteiger partial charge in [0.1, 0.15) is 23.4 Å². The summed E-state index contributed by atoms with van der Waals surface area (Å²) in [5.74, 6) is -1.67. The molecule has 1 amide bonds. The van der Waals surface area contributed by atoms with Gasteiger partial charge in [-0.05, 0) is 30.3 Å². The van der Waals surface area contributed by atoms with E-state index in [1.807, 2.05) is 0 Å². The highest BCUT2D eigenvalue weighted by Gasteiger charge is 2.19. The molecule has 0 bridgehead atoms. The molecule has 3 aromatic rings. The molecule has 0 fully saturated rings. The first-order valence-corrected chi connectivity index (χ1v) is 6.91. The summed E-state index contributed by atoms with van der Waals surface area (Å²) in [6.45, 7) is 0.144. The quantitative estimate of drug-likeness (QED) is 0.787. The van der Waals surface area contributed by atoms with Crippen LogP contribution in [0.4, 0.5) is 8.78 Å². The molecule has 1 atom stereocenters. The Kier molecular flexibility index (Phi) is 4.18. The number of furan rings is 1. The summed E-state index contributed by atoms with van der Waals surface area (Å²) in [4.78, 5) is 12.1. The lowest BCUT2D eigenvalue weighted by Crippen LogP contribution is -2.32. The second-order valence-electron chi connectivity index (χ2n) is 4.85. The van der Waals surface area contributed by atoms with Gasteiger partial charge >= 0.3 is 0 Å². The molecule has 0 saturated heterocycles. The van der Waals surface area contributed by atoms with Crippen molar-refractivity contribution in [2.75, 3.05) is 6.54 Å². The summed E-state index contributed by atoms with van der Waals surface area (Å²) in [7, 11) is 0. The minimum Gasteiger partial charge on any atom is -0.467 e. The number of rotatable bonds is 5. The Morgan fingerprint density at radius 1 is 1.30 bits per heavy atom. The van der Waals surface area contributed by atoms with Crippen molar-refractivity contribution in [1.82, 2.24) is 15.1 Å². The Morgan fingerprint density at radius 3 is 2.83 bits per heavy atom. The first-order chi connectivity index (χ1) is 11.1. The molecule has 118 valence electrons. The van der Waals surface area contributed by atoms with Gasteiger partial charge in [0.25, 0.3) is 5.91 Å². The number of hydrogen-bond acceptors (Lipinski definition) is 3. The molecule has 0 saturated carbocycles. The number of carbonyl (C=O) groups excluding carboxylic acids is 1. The third kappa shape index (κ3) is 3.28. The average Bonchev–Trinajstić information content (AvgIpc) is 3.21. The van der Waals surface area contributed by atoms with Crippen molar-refractivity contribution < 1.29 is 18.0 Å². The van der Waals surface area contributed by atoms with Crippen molar-refractivity contribution >= 4 is 5.91 Å². The van der Waals surface area contributed by atoms with E-state index in [1.54, 1.807) is 35.3 Å². The zero-order valence-electron chi connectivity index (χ0n) is 11.9. The van der Waals surface area contributed by atoms with E-state index in [0.717, 1.165) is 12.1 Å². The van der Waals surface area contributed by atoms with E-state index in [9.17, 15) is 13.6 Å². The summed E-state index contributed by atoms with van der Waals surface area (Å²) in [5, 5.41) is 6.75. The van der Waals surface area contributed by atoms with Gasteiger partial charge in [-0.1, -0.05) is 0 Å². The lowest BCUT2D eigenvalue weighted by molar-refractivity contribution is 0.0944. The Hall–Kier alpha value is -2.96. The average molecular weight is 317 g/mol. The van der Waals surface area contributed by atoms with Crippen LogP contribution in [0.1, 0.15) is 22.2 Å². The number of benzene rings is 1.